The lowest BCUT2D eigenvalue weighted by Crippen LogP contribution is -2.37. The molecule has 0 saturated carbocycles. The third kappa shape index (κ3) is 7.19. The molecule has 0 bridgehead atoms. The van der Waals surface area contributed by atoms with Crippen LogP contribution in [0.2, 0.25) is 0 Å². The van der Waals surface area contributed by atoms with E-state index in [-0.39, 0.29) is 18.9 Å². The topological polar surface area (TPSA) is 154 Å². The van der Waals surface area contributed by atoms with Crippen LogP contribution in [0, 0.1) is 4.91 Å². The number of hydrazine groups is 1. The molecule has 0 amide bonds. The molecule has 0 spiro atoms. The number of nitrogens with one attached hydrogen (secondary N) is 1. The fourth-order valence-corrected chi connectivity index (χ4v) is 0.768. The zero-order valence-electron chi connectivity index (χ0n) is 7.96. The number of guanidine groups is 1. The van der Waals surface area contributed by atoms with E-state index in [1.54, 1.807) is 5.43 Å². The van der Waals surface area contributed by atoms with Gasteiger partial charge in [0.05, 0.1) is 0 Å². The molecule has 7 N–H and O–H groups in total. The van der Waals surface area contributed by atoms with E-state index in [1.807, 2.05) is 0 Å². The molecule has 0 rings (SSSR count). The second-order valence-electron chi connectivity index (χ2n) is 2.74. The fourth-order valence-electron chi connectivity index (χ4n) is 0.768. The zero-order valence-corrected chi connectivity index (χ0v) is 7.96. The lowest BCUT2D eigenvalue weighted by atomic mass is 10.2. The van der Waals surface area contributed by atoms with Crippen LogP contribution in [0.25, 0.3) is 0 Å². The standard InChI is InChI=1S/C6H13N5O4/c7-4(5(12)13)2-1-3-9-6(8)10-11(14)15/h4H,1-3,7H2,(H4-,8,9,10,12,13,14,15)/p+1. The summed E-state index contributed by atoms with van der Waals surface area (Å²) in [6.07, 6.45) is 0.673. The molecule has 0 aliphatic carbocycles. The van der Waals surface area contributed by atoms with Crippen molar-refractivity contribution >= 4 is 11.9 Å². The van der Waals surface area contributed by atoms with Gasteiger partial charge in [0.15, 0.2) is 0 Å². The zero-order chi connectivity index (χ0) is 11.8. The Kier molecular flexibility index (Phi) is 5.71. The number of hydrogen-bond donors (Lipinski definition) is 5. The largest absolute Gasteiger partial charge is 0.480 e. The van der Waals surface area contributed by atoms with Gasteiger partial charge in [-0.05, 0) is 18.3 Å². The van der Waals surface area contributed by atoms with E-state index in [4.69, 9.17) is 21.8 Å². The van der Waals surface area contributed by atoms with Crippen molar-refractivity contribution < 1.29 is 20.1 Å². The Morgan fingerprint density at radius 1 is 1.60 bits per heavy atom. The van der Waals surface area contributed by atoms with E-state index < -0.39 is 17.0 Å². The Labute approximate surface area is 85.3 Å². The van der Waals surface area contributed by atoms with E-state index in [2.05, 4.69) is 4.99 Å². The molecule has 9 nitrogen and oxygen atoms in total. The molecule has 0 aliphatic rings. The van der Waals surface area contributed by atoms with Crippen LogP contribution in [0.4, 0.5) is 0 Å². The van der Waals surface area contributed by atoms with Gasteiger partial charge in [-0.1, -0.05) is 0 Å². The summed E-state index contributed by atoms with van der Waals surface area (Å²) in [7, 11) is 0. The first-order chi connectivity index (χ1) is 6.93. The third-order valence-electron chi connectivity index (χ3n) is 1.48. The van der Waals surface area contributed by atoms with E-state index >= 15 is 0 Å². The molecule has 0 heterocycles. The number of carboxylic acid groups (broad SMARTS) is 1. The normalized spacial score (nSPS) is 13.3. The van der Waals surface area contributed by atoms with Crippen LogP contribution in [0.3, 0.4) is 0 Å². The van der Waals surface area contributed by atoms with Crippen molar-refractivity contribution in [3.63, 3.8) is 0 Å². The van der Waals surface area contributed by atoms with Crippen LogP contribution in [-0.2, 0) is 4.79 Å². The van der Waals surface area contributed by atoms with E-state index in [0.29, 0.717) is 6.42 Å². The van der Waals surface area contributed by atoms with Crippen LogP contribution >= 0.6 is 0 Å². The summed E-state index contributed by atoms with van der Waals surface area (Å²) < 4.78 is 0. The predicted octanol–water partition coefficient (Wildman–Crippen LogP) is -1.83. The summed E-state index contributed by atoms with van der Waals surface area (Å²) >= 11 is 0. The van der Waals surface area contributed by atoms with Crippen molar-refractivity contribution in [2.45, 2.75) is 18.9 Å². The van der Waals surface area contributed by atoms with Gasteiger partial charge in [-0.15, -0.1) is 0 Å². The minimum atomic E-state index is -1.08. The van der Waals surface area contributed by atoms with Gasteiger partial charge in [0.25, 0.3) is 5.96 Å². The average molecular weight is 220 g/mol. The maximum Gasteiger partial charge on any atom is 0.362 e. The van der Waals surface area contributed by atoms with Crippen LogP contribution in [-0.4, -0.2) is 39.9 Å². The van der Waals surface area contributed by atoms with Gasteiger partial charge in [-0.2, -0.15) is 0 Å². The van der Waals surface area contributed by atoms with Crippen molar-refractivity contribution in [2.24, 2.45) is 16.5 Å². The Balaban J connectivity index is 3.69. The summed E-state index contributed by atoms with van der Waals surface area (Å²) in [5.41, 5.74) is 12.1. The van der Waals surface area contributed by atoms with Crippen molar-refractivity contribution in [1.82, 2.24) is 5.43 Å². The number of aliphatic carboxylic acids is 1. The third-order valence-corrected chi connectivity index (χ3v) is 1.48. The van der Waals surface area contributed by atoms with Gasteiger partial charge in [0.2, 0.25) is 0 Å². The number of aliphatic imine (C=N–C) groups is 1. The lowest BCUT2D eigenvalue weighted by Gasteiger charge is -2.03. The number of hydrogen-bond acceptors (Lipinski definition) is 4. The first-order valence-electron chi connectivity index (χ1n) is 4.14. The monoisotopic (exact) mass is 220 g/mol. The van der Waals surface area contributed by atoms with Gasteiger partial charge in [0.1, 0.15) is 10.9 Å². The number of nitrogens with zero attached hydrogens (tertiary/aromatic N) is 2. The van der Waals surface area contributed by atoms with Crippen molar-refractivity contribution in [3.05, 3.63) is 4.91 Å². The Morgan fingerprint density at radius 3 is 2.67 bits per heavy atom. The molecule has 0 aromatic rings. The fraction of sp³-hybridized carbons (Fsp3) is 0.667. The number of carboxylic acids is 1. The highest BCUT2D eigenvalue weighted by atomic mass is 16.7. The molecular formula is C6H14N5O4+. The Bertz CT molecular complexity index is 266. The Morgan fingerprint density at radius 2 is 2.20 bits per heavy atom. The summed E-state index contributed by atoms with van der Waals surface area (Å²) in [6.45, 7) is 0.216. The lowest BCUT2D eigenvalue weighted by molar-refractivity contribution is -0.822. The van der Waals surface area contributed by atoms with Gasteiger partial charge in [-0.25, -0.2) is 10.2 Å². The minimum Gasteiger partial charge on any atom is -0.480 e. The molecule has 0 aromatic heterocycles. The molecule has 0 saturated heterocycles. The molecular weight excluding hydrogens is 206 g/mol. The molecule has 15 heavy (non-hydrogen) atoms. The van der Waals surface area contributed by atoms with Crippen molar-refractivity contribution in [2.75, 3.05) is 6.54 Å². The first kappa shape index (κ1) is 13.1. The predicted molar refractivity (Wildman–Crippen MR) is 49.9 cm³/mol. The van der Waals surface area contributed by atoms with Crippen molar-refractivity contribution in [3.8, 4) is 0 Å². The van der Waals surface area contributed by atoms with Gasteiger partial charge in [-0.3, -0.25) is 4.79 Å². The molecule has 86 valence electrons. The van der Waals surface area contributed by atoms with Crippen LogP contribution in [0.15, 0.2) is 4.99 Å². The number of rotatable bonds is 6. The smallest absolute Gasteiger partial charge is 0.362 e. The second kappa shape index (κ2) is 6.54. The molecule has 0 radical (unpaired) electrons. The highest BCUT2D eigenvalue weighted by Crippen LogP contribution is 1.94. The van der Waals surface area contributed by atoms with Gasteiger partial charge < -0.3 is 16.6 Å². The van der Waals surface area contributed by atoms with Crippen molar-refractivity contribution in [1.29, 1.82) is 0 Å². The molecule has 0 aliphatic heterocycles. The highest BCUT2D eigenvalue weighted by molar-refractivity contribution is 5.76. The highest BCUT2D eigenvalue weighted by Gasteiger charge is 2.10. The Hall–Kier alpha value is -1.90. The second-order valence-corrected chi connectivity index (χ2v) is 2.74. The van der Waals surface area contributed by atoms with E-state index in [0.717, 1.165) is 0 Å². The van der Waals surface area contributed by atoms with E-state index in [9.17, 15) is 9.70 Å². The van der Waals surface area contributed by atoms with Crippen LogP contribution in [0.1, 0.15) is 12.8 Å². The summed E-state index contributed by atoms with van der Waals surface area (Å²) in [5.74, 6) is -1.33. The van der Waals surface area contributed by atoms with Crippen LogP contribution in [0.5, 0.6) is 0 Å². The maximum absolute atomic E-state index is 10.3. The molecule has 9 heteroatoms. The van der Waals surface area contributed by atoms with Gasteiger partial charge >= 0.3 is 11.0 Å². The molecule has 1 unspecified atom stereocenters. The SMILES string of the molecule is NC(=NCCCC(N)C(=O)O)N[N+](=O)O. The summed E-state index contributed by atoms with van der Waals surface area (Å²) in [5, 5.41) is 16.0. The quantitative estimate of drug-likeness (QED) is 0.152. The summed E-state index contributed by atoms with van der Waals surface area (Å²) in [4.78, 5) is 23.9. The molecule has 0 fully saturated rings. The molecule has 1 atom stereocenters. The number of nitrogens with two attached hydrogens (primary N) is 2. The summed E-state index contributed by atoms with van der Waals surface area (Å²) in [6, 6.07) is -0.928. The molecule has 0 aromatic carbocycles. The van der Waals surface area contributed by atoms with Crippen LogP contribution < -0.4 is 16.9 Å². The number of carbonyl (C=O) groups is 1. The van der Waals surface area contributed by atoms with Gasteiger partial charge in [0, 0.05) is 6.54 Å². The average Bonchev–Trinajstić information content (AvgIpc) is 2.10. The first-order valence-corrected chi connectivity index (χ1v) is 4.14. The minimum absolute atomic E-state index is 0.216. The maximum atomic E-state index is 10.3. The van der Waals surface area contributed by atoms with E-state index in [1.165, 1.54) is 0 Å².